The van der Waals surface area contributed by atoms with E-state index < -0.39 is 5.41 Å². The standard InChI is InChI=1S/C48H40O5/c1-7-28-48(43-26-24-38(25-27-43)33(6)53)46(41-20-12-36(13-21-41)31(4)51)44(39-16-8-34(9-17-39)29(2)49)45(40-18-10-35(11-19-40)30(3)50)47(48)42-22-14-37(15-23-42)32(5)52/h7-27H,1,28H2,2-6H3. The van der Waals surface area contributed by atoms with Crippen molar-refractivity contribution in [1.29, 1.82) is 0 Å². The first-order chi connectivity index (χ1) is 25.4. The average molecular weight is 697 g/mol. The van der Waals surface area contributed by atoms with Crippen LogP contribution in [0.25, 0.3) is 22.3 Å². The molecule has 0 saturated heterocycles. The third-order valence-corrected chi connectivity index (χ3v) is 10.2. The van der Waals surface area contributed by atoms with Crippen molar-refractivity contribution in [2.24, 2.45) is 0 Å². The molecule has 1 aliphatic carbocycles. The van der Waals surface area contributed by atoms with Crippen LogP contribution in [0.2, 0.25) is 0 Å². The van der Waals surface area contributed by atoms with Gasteiger partial charge in [-0.05, 0) is 91.1 Å². The van der Waals surface area contributed by atoms with Gasteiger partial charge in [0.2, 0.25) is 0 Å². The van der Waals surface area contributed by atoms with Gasteiger partial charge in [-0.3, -0.25) is 24.0 Å². The highest BCUT2D eigenvalue weighted by molar-refractivity contribution is 6.31. The van der Waals surface area contributed by atoms with Gasteiger partial charge in [0.05, 0.1) is 5.41 Å². The summed E-state index contributed by atoms with van der Waals surface area (Å²) in [5.74, 6) is -0.255. The molecule has 0 saturated carbocycles. The second-order valence-electron chi connectivity index (χ2n) is 13.6. The summed E-state index contributed by atoms with van der Waals surface area (Å²) in [6, 6.07) is 38.0. The number of carbonyl (C=O) groups is 5. The third-order valence-electron chi connectivity index (χ3n) is 10.2. The van der Waals surface area contributed by atoms with Gasteiger partial charge < -0.3 is 0 Å². The summed E-state index contributed by atoms with van der Waals surface area (Å²) >= 11 is 0. The molecule has 5 aromatic rings. The highest BCUT2D eigenvalue weighted by Gasteiger charge is 2.49. The van der Waals surface area contributed by atoms with E-state index in [-0.39, 0.29) is 28.9 Å². The smallest absolute Gasteiger partial charge is 0.159 e. The molecule has 0 aromatic heterocycles. The Morgan fingerprint density at radius 2 is 0.660 bits per heavy atom. The van der Waals surface area contributed by atoms with E-state index in [1.165, 1.54) is 27.7 Å². The lowest BCUT2D eigenvalue weighted by Gasteiger charge is -2.37. The Morgan fingerprint density at radius 1 is 0.415 bits per heavy atom. The summed E-state index contributed by atoms with van der Waals surface area (Å²) in [6.07, 6.45) is 2.33. The van der Waals surface area contributed by atoms with E-state index in [9.17, 15) is 24.0 Å². The van der Waals surface area contributed by atoms with Gasteiger partial charge in [-0.1, -0.05) is 127 Å². The summed E-state index contributed by atoms with van der Waals surface area (Å²) < 4.78 is 0. The Kier molecular flexibility index (Phi) is 10.1. The minimum Gasteiger partial charge on any atom is -0.295 e. The first-order valence-corrected chi connectivity index (χ1v) is 17.5. The summed E-state index contributed by atoms with van der Waals surface area (Å²) in [5, 5.41) is 0. The number of ketones is 5. The van der Waals surface area contributed by atoms with Gasteiger partial charge in [-0.15, -0.1) is 6.58 Å². The Hall–Kier alpha value is -6.33. The number of carbonyl (C=O) groups excluding carboxylic acids is 5. The highest BCUT2D eigenvalue weighted by Crippen LogP contribution is 2.63. The molecule has 0 heterocycles. The predicted molar refractivity (Wildman–Crippen MR) is 212 cm³/mol. The molecule has 5 aromatic carbocycles. The molecule has 5 heteroatoms. The number of benzene rings is 5. The van der Waals surface area contributed by atoms with Crippen molar-refractivity contribution in [2.75, 3.05) is 0 Å². The molecule has 0 N–H and O–H groups in total. The van der Waals surface area contributed by atoms with Crippen molar-refractivity contribution in [1.82, 2.24) is 0 Å². The lowest BCUT2D eigenvalue weighted by atomic mass is 9.64. The monoisotopic (exact) mass is 696 g/mol. The van der Waals surface area contributed by atoms with Crippen LogP contribution in [-0.4, -0.2) is 28.9 Å². The zero-order valence-electron chi connectivity index (χ0n) is 30.6. The number of rotatable bonds is 12. The van der Waals surface area contributed by atoms with E-state index in [0.717, 1.165) is 50.1 Å². The van der Waals surface area contributed by atoms with Gasteiger partial charge in [-0.25, -0.2) is 0 Å². The summed E-state index contributed by atoms with van der Waals surface area (Å²) in [4.78, 5) is 62.4. The van der Waals surface area contributed by atoms with E-state index in [1.54, 1.807) is 6.92 Å². The van der Waals surface area contributed by atoms with E-state index in [0.29, 0.717) is 34.2 Å². The molecule has 5 nitrogen and oxygen atoms in total. The van der Waals surface area contributed by atoms with Gasteiger partial charge >= 0.3 is 0 Å². The SMILES string of the molecule is C=CCC1(c2ccc(C(C)=O)cc2)C(c2ccc(C(C)=O)cc2)=C(c2ccc(C(C)=O)cc2)C(c2ccc(C(C)=O)cc2)=C1c1ccc(C(C)=O)cc1. The summed E-state index contributed by atoms with van der Waals surface area (Å²) in [5.41, 5.74) is 10.00. The molecule has 1 aliphatic rings. The molecule has 0 unspecified atom stereocenters. The van der Waals surface area contributed by atoms with Crippen LogP contribution in [0.1, 0.15) is 121 Å². The summed E-state index contributed by atoms with van der Waals surface area (Å²) in [7, 11) is 0. The maximum atomic E-state index is 12.5. The second kappa shape index (κ2) is 14.7. The molecule has 0 amide bonds. The topological polar surface area (TPSA) is 85.3 Å². The van der Waals surface area contributed by atoms with Crippen LogP contribution in [0, 0.1) is 0 Å². The average Bonchev–Trinajstić information content (AvgIpc) is 3.46. The van der Waals surface area contributed by atoms with Crippen molar-refractivity contribution in [2.45, 2.75) is 46.5 Å². The maximum Gasteiger partial charge on any atom is 0.159 e. The molecule has 6 rings (SSSR count). The lowest BCUT2D eigenvalue weighted by molar-refractivity contribution is 0.100. The van der Waals surface area contributed by atoms with Crippen molar-refractivity contribution in [3.8, 4) is 0 Å². The molecular weight excluding hydrogens is 657 g/mol. The molecular formula is C48H40O5. The number of allylic oxidation sites excluding steroid dienone is 5. The first-order valence-electron chi connectivity index (χ1n) is 17.5. The van der Waals surface area contributed by atoms with E-state index in [1.807, 2.05) is 127 Å². The van der Waals surface area contributed by atoms with Crippen molar-refractivity contribution in [3.05, 3.63) is 190 Å². The quantitative estimate of drug-likeness (QED) is 0.0957. The summed E-state index contributed by atoms with van der Waals surface area (Å²) in [6.45, 7) is 12.0. The van der Waals surface area contributed by atoms with E-state index >= 15 is 0 Å². The Morgan fingerprint density at radius 3 is 0.906 bits per heavy atom. The molecule has 262 valence electrons. The third kappa shape index (κ3) is 6.74. The second-order valence-corrected chi connectivity index (χ2v) is 13.6. The van der Waals surface area contributed by atoms with Gasteiger partial charge in [0.15, 0.2) is 28.9 Å². The fourth-order valence-corrected chi connectivity index (χ4v) is 7.46. The van der Waals surface area contributed by atoms with Crippen LogP contribution in [0.5, 0.6) is 0 Å². The van der Waals surface area contributed by atoms with Crippen LogP contribution in [0.15, 0.2) is 134 Å². The predicted octanol–water partition coefficient (Wildman–Crippen LogP) is 10.7. The Bertz CT molecular complexity index is 2210. The van der Waals surface area contributed by atoms with E-state index in [2.05, 4.69) is 6.58 Å². The fraction of sp³-hybridized carbons (Fsp3) is 0.146. The molecule has 0 aliphatic heterocycles. The van der Waals surface area contributed by atoms with Crippen LogP contribution >= 0.6 is 0 Å². The Balaban J connectivity index is 1.85. The van der Waals surface area contributed by atoms with Crippen molar-refractivity contribution >= 4 is 51.2 Å². The van der Waals surface area contributed by atoms with Gasteiger partial charge in [0.1, 0.15) is 0 Å². The maximum absolute atomic E-state index is 12.5. The normalized spacial score (nSPS) is 13.5. The number of hydrogen-bond acceptors (Lipinski definition) is 5. The molecule has 0 bridgehead atoms. The molecule has 0 fully saturated rings. The fourth-order valence-electron chi connectivity index (χ4n) is 7.46. The molecule has 0 spiro atoms. The zero-order chi connectivity index (χ0) is 38.0. The van der Waals surface area contributed by atoms with Gasteiger partial charge in [0, 0.05) is 27.8 Å². The zero-order valence-corrected chi connectivity index (χ0v) is 30.6. The van der Waals surface area contributed by atoms with Crippen molar-refractivity contribution < 1.29 is 24.0 Å². The lowest BCUT2D eigenvalue weighted by Crippen LogP contribution is -2.28. The number of Topliss-reactive ketones (excluding diaryl/α,β-unsaturated/α-hetero) is 5. The van der Waals surface area contributed by atoms with Crippen LogP contribution in [0.3, 0.4) is 0 Å². The van der Waals surface area contributed by atoms with Crippen LogP contribution < -0.4 is 0 Å². The molecule has 53 heavy (non-hydrogen) atoms. The van der Waals surface area contributed by atoms with Gasteiger partial charge in [0.25, 0.3) is 0 Å². The largest absolute Gasteiger partial charge is 0.295 e. The first kappa shape index (κ1) is 36.5. The van der Waals surface area contributed by atoms with E-state index in [4.69, 9.17) is 0 Å². The minimum absolute atomic E-state index is 0.0506. The van der Waals surface area contributed by atoms with Gasteiger partial charge in [-0.2, -0.15) is 0 Å². The molecule has 0 atom stereocenters. The Labute approximate surface area is 310 Å². The highest BCUT2D eigenvalue weighted by atomic mass is 16.1. The van der Waals surface area contributed by atoms with Crippen molar-refractivity contribution in [3.63, 3.8) is 0 Å². The number of hydrogen-bond donors (Lipinski definition) is 0. The molecule has 0 radical (unpaired) electrons. The van der Waals surface area contributed by atoms with Crippen LogP contribution in [0.4, 0.5) is 0 Å². The minimum atomic E-state index is -0.921. The van der Waals surface area contributed by atoms with Crippen LogP contribution in [-0.2, 0) is 5.41 Å².